The van der Waals surface area contributed by atoms with Crippen LogP contribution in [0.3, 0.4) is 0 Å². The second-order valence-electron chi connectivity index (χ2n) is 7.65. The average molecular weight is 393 g/mol. The summed E-state index contributed by atoms with van der Waals surface area (Å²) in [5, 5.41) is 9.01. The third kappa shape index (κ3) is 3.96. The number of pyridine rings is 1. The second kappa shape index (κ2) is 8.21. The molecule has 3 heterocycles. The Hall–Kier alpha value is -2.93. The molecule has 1 aliphatic rings. The lowest BCUT2D eigenvalue weighted by atomic mass is 9.93. The molecule has 0 amide bonds. The Labute approximate surface area is 172 Å². The van der Waals surface area contributed by atoms with Crippen molar-refractivity contribution in [2.24, 2.45) is 7.05 Å². The van der Waals surface area contributed by atoms with Crippen LogP contribution in [-0.4, -0.2) is 45.4 Å². The van der Waals surface area contributed by atoms with Crippen molar-refractivity contribution in [3.63, 3.8) is 0 Å². The Bertz CT molecular complexity index is 971. The first-order valence-electron chi connectivity index (χ1n) is 9.97. The lowest BCUT2D eigenvalue weighted by Gasteiger charge is -2.35. The molecule has 0 bridgehead atoms. The minimum Gasteiger partial charge on any atom is -0.497 e. The summed E-state index contributed by atoms with van der Waals surface area (Å²) in [6.07, 6.45) is 2.80. The van der Waals surface area contributed by atoms with Crippen LogP contribution >= 0.6 is 0 Å². The number of anilines is 1. The molecule has 4 rings (SSSR count). The zero-order chi connectivity index (χ0) is 20.4. The van der Waals surface area contributed by atoms with E-state index < -0.39 is 0 Å². The molecule has 0 fully saturated rings. The number of hydrogen-bond acceptors (Lipinski definition) is 6. The predicted molar refractivity (Wildman–Crippen MR) is 113 cm³/mol. The van der Waals surface area contributed by atoms with Crippen LogP contribution in [0.4, 0.5) is 5.95 Å². The van der Waals surface area contributed by atoms with Crippen molar-refractivity contribution >= 4 is 5.95 Å². The van der Waals surface area contributed by atoms with Gasteiger partial charge in [-0.1, -0.05) is 12.1 Å². The van der Waals surface area contributed by atoms with Crippen LogP contribution < -0.4 is 9.64 Å². The van der Waals surface area contributed by atoms with Crippen LogP contribution in [0.25, 0.3) is 0 Å². The maximum Gasteiger partial charge on any atom is 0.227 e. The van der Waals surface area contributed by atoms with Crippen LogP contribution in [0.1, 0.15) is 35.6 Å². The fourth-order valence-electron chi connectivity index (χ4n) is 4.01. The maximum absolute atomic E-state index is 5.38. The number of nitrogens with zero attached hydrogens (tertiary/aromatic N) is 6. The van der Waals surface area contributed by atoms with Gasteiger partial charge >= 0.3 is 0 Å². The van der Waals surface area contributed by atoms with Gasteiger partial charge in [0, 0.05) is 26.3 Å². The van der Waals surface area contributed by atoms with Crippen LogP contribution in [0.15, 0.2) is 42.6 Å². The molecule has 7 heteroatoms. The SMILES string of the molecule is COc1ccc2c(c1)CCN(c1nnc(CN(C)Cc3ccccn3)n1C)C2C. The first-order valence-corrected chi connectivity index (χ1v) is 9.97. The van der Waals surface area contributed by atoms with Gasteiger partial charge in [0.25, 0.3) is 0 Å². The molecule has 152 valence electrons. The number of aromatic nitrogens is 4. The molecule has 0 saturated heterocycles. The lowest BCUT2D eigenvalue weighted by molar-refractivity contribution is 0.303. The number of benzene rings is 1. The van der Waals surface area contributed by atoms with Gasteiger partial charge in [0.15, 0.2) is 0 Å². The van der Waals surface area contributed by atoms with E-state index in [9.17, 15) is 0 Å². The van der Waals surface area contributed by atoms with E-state index in [1.165, 1.54) is 11.1 Å². The fraction of sp³-hybridized carbons (Fsp3) is 0.409. The molecule has 0 radical (unpaired) electrons. The van der Waals surface area contributed by atoms with Gasteiger partial charge in [-0.2, -0.15) is 0 Å². The fourth-order valence-corrected chi connectivity index (χ4v) is 4.01. The predicted octanol–water partition coefficient (Wildman–Crippen LogP) is 2.97. The second-order valence-corrected chi connectivity index (χ2v) is 7.65. The molecular formula is C22H28N6O. The highest BCUT2D eigenvalue weighted by molar-refractivity contribution is 5.46. The highest BCUT2D eigenvalue weighted by atomic mass is 16.5. The zero-order valence-electron chi connectivity index (χ0n) is 17.5. The normalized spacial score (nSPS) is 16.2. The molecule has 2 aromatic heterocycles. The maximum atomic E-state index is 5.38. The average Bonchev–Trinajstić information content (AvgIpc) is 3.08. The molecule has 1 unspecified atom stereocenters. The quantitative estimate of drug-likeness (QED) is 0.643. The molecule has 1 aromatic carbocycles. The van der Waals surface area contributed by atoms with Crippen molar-refractivity contribution in [2.45, 2.75) is 32.5 Å². The van der Waals surface area contributed by atoms with Crippen molar-refractivity contribution in [2.75, 3.05) is 25.6 Å². The summed E-state index contributed by atoms with van der Waals surface area (Å²) in [6.45, 7) is 4.64. The molecule has 3 aromatic rings. The monoisotopic (exact) mass is 392 g/mol. The van der Waals surface area contributed by atoms with Crippen LogP contribution in [-0.2, 0) is 26.6 Å². The first-order chi connectivity index (χ1) is 14.1. The van der Waals surface area contributed by atoms with Crippen molar-refractivity contribution in [1.29, 1.82) is 0 Å². The van der Waals surface area contributed by atoms with E-state index in [1.54, 1.807) is 7.11 Å². The summed E-state index contributed by atoms with van der Waals surface area (Å²) in [5.41, 5.74) is 3.73. The molecule has 29 heavy (non-hydrogen) atoms. The minimum atomic E-state index is 0.242. The van der Waals surface area contributed by atoms with E-state index >= 15 is 0 Å². The smallest absolute Gasteiger partial charge is 0.227 e. The molecule has 1 aliphatic heterocycles. The summed E-state index contributed by atoms with van der Waals surface area (Å²) < 4.78 is 7.49. The van der Waals surface area contributed by atoms with Crippen molar-refractivity contribution in [1.82, 2.24) is 24.6 Å². The number of fused-ring (bicyclic) bond motifs is 1. The topological polar surface area (TPSA) is 59.3 Å². The molecule has 1 atom stereocenters. The molecule has 0 N–H and O–H groups in total. The van der Waals surface area contributed by atoms with Crippen LogP contribution in [0, 0.1) is 0 Å². The van der Waals surface area contributed by atoms with E-state index in [4.69, 9.17) is 4.74 Å². The molecule has 0 aliphatic carbocycles. The summed E-state index contributed by atoms with van der Waals surface area (Å²) in [7, 11) is 5.85. The summed E-state index contributed by atoms with van der Waals surface area (Å²) >= 11 is 0. The third-order valence-electron chi connectivity index (χ3n) is 5.66. The standard InChI is InChI=1S/C22H28N6O/c1-16-20-9-8-19(29-4)13-17(20)10-12-28(16)22-25-24-21(27(22)3)15-26(2)14-18-7-5-6-11-23-18/h5-9,11,13,16H,10,12,14-15H2,1-4H3. The molecule has 0 saturated carbocycles. The van der Waals surface area contributed by atoms with Gasteiger partial charge in [-0.25, -0.2) is 0 Å². The first kappa shape index (κ1) is 19.4. The molecule has 0 spiro atoms. The molecular weight excluding hydrogens is 364 g/mol. The van der Waals surface area contributed by atoms with Gasteiger partial charge in [-0.05, 0) is 55.8 Å². The summed E-state index contributed by atoms with van der Waals surface area (Å²) in [4.78, 5) is 8.95. The Morgan fingerprint density at radius 3 is 2.79 bits per heavy atom. The van der Waals surface area contributed by atoms with E-state index in [2.05, 4.69) is 62.7 Å². The van der Waals surface area contributed by atoms with Crippen LogP contribution in [0.2, 0.25) is 0 Å². The van der Waals surface area contributed by atoms with E-state index in [0.29, 0.717) is 0 Å². The number of hydrogen-bond donors (Lipinski definition) is 0. The zero-order valence-corrected chi connectivity index (χ0v) is 17.5. The Morgan fingerprint density at radius 1 is 1.17 bits per heavy atom. The van der Waals surface area contributed by atoms with Crippen molar-refractivity contribution < 1.29 is 4.74 Å². The van der Waals surface area contributed by atoms with E-state index in [1.807, 2.05) is 30.5 Å². The van der Waals surface area contributed by atoms with Crippen LogP contribution in [0.5, 0.6) is 5.75 Å². The highest BCUT2D eigenvalue weighted by Gasteiger charge is 2.28. The molecule has 7 nitrogen and oxygen atoms in total. The largest absolute Gasteiger partial charge is 0.497 e. The van der Waals surface area contributed by atoms with Crippen molar-refractivity contribution in [3.8, 4) is 5.75 Å². The Balaban J connectivity index is 1.49. The van der Waals surface area contributed by atoms with Gasteiger partial charge in [0.1, 0.15) is 11.6 Å². The van der Waals surface area contributed by atoms with Crippen molar-refractivity contribution in [3.05, 3.63) is 65.2 Å². The number of methoxy groups -OCH3 is 1. The van der Waals surface area contributed by atoms with Gasteiger partial charge in [-0.3, -0.25) is 14.5 Å². The summed E-state index contributed by atoms with van der Waals surface area (Å²) in [5.74, 6) is 2.78. The summed E-state index contributed by atoms with van der Waals surface area (Å²) in [6, 6.07) is 12.6. The van der Waals surface area contributed by atoms with Gasteiger partial charge < -0.3 is 9.64 Å². The van der Waals surface area contributed by atoms with Gasteiger partial charge in [0.2, 0.25) is 5.95 Å². The Morgan fingerprint density at radius 2 is 2.03 bits per heavy atom. The minimum absolute atomic E-state index is 0.242. The van der Waals surface area contributed by atoms with E-state index in [0.717, 1.165) is 49.3 Å². The Kier molecular flexibility index (Phi) is 5.49. The number of ether oxygens (including phenoxy) is 1. The van der Waals surface area contributed by atoms with E-state index in [-0.39, 0.29) is 6.04 Å². The van der Waals surface area contributed by atoms with Gasteiger partial charge in [0.05, 0.1) is 25.4 Å². The van der Waals surface area contributed by atoms with Gasteiger partial charge in [-0.15, -0.1) is 10.2 Å². The lowest BCUT2D eigenvalue weighted by Crippen LogP contribution is -2.35. The number of rotatable bonds is 6. The third-order valence-corrected chi connectivity index (χ3v) is 5.66. The highest BCUT2D eigenvalue weighted by Crippen LogP contribution is 2.34.